The number of aromatic nitrogens is 2. The Morgan fingerprint density at radius 3 is 3.11 bits per heavy atom. The van der Waals surface area contributed by atoms with Crippen LogP contribution >= 0.6 is 11.8 Å². The summed E-state index contributed by atoms with van der Waals surface area (Å²) < 4.78 is 2.00. The van der Waals surface area contributed by atoms with Crippen LogP contribution in [-0.4, -0.2) is 28.1 Å². The molecular formula is C15H19N3S. The highest BCUT2D eigenvalue weighted by atomic mass is 32.2. The molecule has 0 radical (unpaired) electrons. The second kappa shape index (κ2) is 5.80. The van der Waals surface area contributed by atoms with Gasteiger partial charge in [-0.05, 0) is 30.5 Å². The zero-order valence-corrected chi connectivity index (χ0v) is 12.0. The molecule has 1 atom stereocenters. The van der Waals surface area contributed by atoms with Gasteiger partial charge in [0.1, 0.15) is 0 Å². The predicted molar refractivity (Wildman–Crippen MR) is 79.6 cm³/mol. The van der Waals surface area contributed by atoms with E-state index < -0.39 is 0 Å². The molecule has 1 aliphatic heterocycles. The van der Waals surface area contributed by atoms with Crippen molar-refractivity contribution in [2.75, 3.05) is 13.1 Å². The van der Waals surface area contributed by atoms with Gasteiger partial charge in [0, 0.05) is 29.4 Å². The monoisotopic (exact) mass is 273 g/mol. The highest BCUT2D eigenvalue weighted by Crippen LogP contribution is 2.36. The Labute approximate surface area is 118 Å². The summed E-state index contributed by atoms with van der Waals surface area (Å²) in [7, 11) is 0. The van der Waals surface area contributed by atoms with E-state index in [4.69, 9.17) is 0 Å². The maximum absolute atomic E-state index is 4.29. The van der Waals surface area contributed by atoms with Crippen LogP contribution in [-0.2, 0) is 13.0 Å². The summed E-state index contributed by atoms with van der Waals surface area (Å²) in [6, 6.07) is 8.73. The molecule has 1 aromatic carbocycles. The van der Waals surface area contributed by atoms with E-state index in [1.807, 2.05) is 22.6 Å². The number of thioether (sulfide) groups is 1. The van der Waals surface area contributed by atoms with Crippen LogP contribution in [0.25, 0.3) is 0 Å². The predicted octanol–water partition coefficient (Wildman–Crippen LogP) is 2.50. The molecule has 0 bridgehead atoms. The fourth-order valence-corrected chi connectivity index (χ4v) is 3.70. The van der Waals surface area contributed by atoms with E-state index in [9.17, 15) is 0 Å². The quantitative estimate of drug-likeness (QED) is 0.849. The summed E-state index contributed by atoms with van der Waals surface area (Å²) in [6.07, 6.45) is 5.18. The van der Waals surface area contributed by atoms with E-state index in [1.165, 1.54) is 22.4 Å². The standard InChI is InChI=1S/C15H19N3S/c1-12-9-17-18(11-12)7-6-16-10-14-8-13-4-2-3-5-15(13)19-14/h2-5,9,11,14,16H,6-8,10H2,1H3. The average Bonchev–Trinajstić information content (AvgIpc) is 3.00. The van der Waals surface area contributed by atoms with Crippen LogP contribution in [0.15, 0.2) is 41.6 Å². The number of hydrogen-bond donors (Lipinski definition) is 1. The summed E-state index contributed by atoms with van der Waals surface area (Å²) in [5.41, 5.74) is 2.73. The number of nitrogens with zero attached hydrogens (tertiary/aromatic N) is 2. The maximum Gasteiger partial charge on any atom is 0.0534 e. The van der Waals surface area contributed by atoms with Gasteiger partial charge < -0.3 is 5.32 Å². The second-order valence-corrected chi connectivity index (χ2v) is 6.38. The molecule has 0 spiro atoms. The molecule has 4 heteroatoms. The smallest absolute Gasteiger partial charge is 0.0534 e. The molecule has 0 aliphatic carbocycles. The molecule has 0 fully saturated rings. The van der Waals surface area contributed by atoms with Gasteiger partial charge in [-0.3, -0.25) is 4.68 Å². The van der Waals surface area contributed by atoms with E-state index >= 15 is 0 Å². The van der Waals surface area contributed by atoms with E-state index in [0.717, 1.165) is 19.6 Å². The molecule has 2 heterocycles. The Morgan fingerprint density at radius 2 is 2.32 bits per heavy atom. The minimum absolute atomic E-state index is 0.678. The van der Waals surface area contributed by atoms with Gasteiger partial charge in [-0.1, -0.05) is 18.2 Å². The Balaban J connectivity index is 1.40. The third-order valence-electron chi connectivity index (χ3n) is 3.37. The van der Waals surface area contributed by atoms with Crippen molar-refractivity contribution in [2.45, 2.75) is 30.0 Å². The third kappa shape index (κ3) is 3.19. The van der Waals surface area contributed by atoms with Crippen LogP contribution in [0, 0.1) is 6.92 Å². The summed E-state index contributed by atoms with van der Waals surface area (Å²) in [5, 5.41) is 8.50. The molecule has 1 unspecified atom stereocenters. The topological polar surface area (TPSA) is 29.9 Å². The van der Waals surface area contributed by atoms with Gasteiger partial charge in [0.15, 0.2) is 0 Å². The fourth-order valence-electron chi connectivity index (χ4n) is 2.41. The van der Waals surface area contributed by atoms with Crippen molar-refractivity contribution in [2.24, 2.45) is 0 Å². The van der Waals surface area contributed by atoms with Crippen molar-refractivity contribution >= 4 is 11.8 Å². The first-order valence-corrected chi connectivity index (χ1v) is 7.63. The lowest BCUT2D eigenvalue weighted by molar-refractivity contribution is 0.551. The highest BCUT2D eigenvalue weighted by Gasteiger charge is 2.20. The molecule has 1 aliphatic rings. The van der Waals surface area contributed by atoms with Gasteiger partial charge in [-0.15, -0.1) is 11.8 Å². The molecule has 0 saturated heterocycles. The van der Waals surface area contributed by atoms with Crippen LogP contribution in [0.2, 0.25) is 0 Å². The Bertz CT molecular complexity index is 525. The summed E-state index contributed by atoms with van der Waals surface area (Å²) in [5.74, 6) is 0. The van der Waals surface area contributed by atoms with Crippen LogP contribution in [0.5, 0.6) is 0 Å². The lowest BCUT2D eigenvalue weighted by Gasteiger charge is -2.10. The minimum atomic E-state index is 0.678. The average molecular weight is 273 g/mol. The first kappa shape index (κ1) is 12.8. The van der Waals surface area contributed by atoms with Crippen molar-refractivity contribution in [3.05, 3.63) is 47.8 Å². The van der Waals surface area contributed by atoms with Crippen LogP contribution in [0.1, 0.15) is 11.1 Å². The molecule has 1 N–H and O–H groups in total. The van der Waals surface area contributed by atoms with E-state index in [1.54, 1.807) is 0 Å². The van der Waals surface area contributed by atoms with Gasteiger partial charge in [-0.2, -0.15) is 5.10 Å². The zero-order chi connectivity index (χ0) is 13.1. The first-order valence-electron chi connectivity index (χ1n) is 6.75. The number of nitrogens with one attached hydrogen (secondary N) is 1. The van der Waals surface area contributed by atoms with Crippen LogP contribution in [0.4, 0.5) is 0 Å². The highest BCUT2D eigenvalue weighted by molar-refractivity contribution is 8.00. The normalized spacial score (nSPS) is 17.6. The SMILES string of the molecule is Cc1cnn(CCNCC2Cc3ccccc3S2)c1. The van der Waals surface area contributed by atoms with Gasteiger partial charge >= 0.3 is 0 Å². The number of hydrogen-bond acceptors (Lipinski definition) is 3. The van der Waals surface area contributed by atoms with E-state index in [-0.39, 0.29) is 0 Å². The van der Waals surface area contributed by atoms with Crippen molar-refractivity contribution in [1.29, 1.82) is 0 Å². The molecule has 3 nitrogen and oxygen atoms in total. The minimum Gasteiger partial charge on any atom is -0.314 e. The molecule has 0 amide bonds. The molecule has 1 aromatic heterocycles. The maximum atomic E-state index is 4.29. The van der Waals surface area contributed by atoms with Crippen LogP contribution < -0.4 is 5.32 Å². The number of aryl methyl sites for hydroxylation is 1. The Hall–Kier alpha value is -1.26. The lowest BCUT2D eigenvalue weighted by Crippen LogP contribution is -2.27. The van der Waals surface area contributed by atoms with Gasteiger partial charge in [-0.25, -0.2) is 0 Å². The van der Waals surface area contributed by atoms with E-state index in [0.29, 0.717) is 5.25 Å². The molecule has 100 valence electrons. The fraction of sp³-hybridized carbons (Fsp3) is 0.400. The number of benzene rings is 1. The van der Waals surface area contributed by atoms with Gasteiger partial charge in [0.05, 0.1) is 12.7 Å². The second-order valence-electron chi connectivity index (χ2n) is 5.04. The number of rotatable bonds is 5. The van der Waals surface area contributed by atoms with Crippen molar-refractivity contribution in [3.8, 4) is 0 Å². The number of fused-ring (bicyclic) bond motifs is 1. The van der Waals surface area contributed by atoms with Crippen LogP contribution in [0.3, 0.4) is 0 Å². The lowest BCUT2D eigenvalue weighted by atomic mass is 10.1. The largest absolute Gasteiger partial charge is 0.314 e. The Kier molecular flexibility index (Phi) is 3.89. The van der Waals surface area contributed by atoms with E-state index in [2.05, 4.69) is 47.8 Å². The summed E-state index contributed by atoms with van der Waals surface area (Å²) in [4.78, 5) is 1.46. The molecule has 2 aromatic rings. The molecular weight excluding hydrogens is 254 g/mol. The van der Waals surface area contributed by atoms with Crippen molar-refractivity contribution < 1.29 is 0 Å². The Morgan fingerprint density at radius 1 is 1.42 bits per heavy atom. The summed E-state index contributed by atoms with van der Waals surface area (Å²) >= 11 is 2.00. The zero-order valence-electron chi connectivity index (χ0n) is 11.2. The van der Waals surface area contributed by atoms with Gasteiger partial charge in [0.2, 0.25) is 0 Å². The molecule has 19 heavy (non-hydrogen) atoms. The van der Waals surface area contributed by atoms with Crippen molar-refractivity contribution in [1.82, 2.24) is 15.1 Å². The molecule has 3 rings (SSSR count). The molecule has 0 saturated carbocycles. The summed E-state index contributed by atoms with van der Waals surface area (Å²) in [6.45, 7) is 5.07. The third-order valence-corrected chi connectivity index (χ3v) is 4.68. The van der Waals surface area contributed by atoms with Gasteiger partial charge in [0.25, 0.3) is 0 Å². The first-order chi connectivity index (χ1) is 9.31. The van der Waals surface area contributed by atoms with Crippen molar-refractivity contribution in [3.63, 3.8) is 0 Å².